The van der Waals surface area contributed by atoms with Crippen molar-refractivity contribution in [1.29, 1.82) is 0 Å². The van der Waals surface area contributed by atoms with Crippen LogP contribution in [0.25, 0.3) is 10.1 Å². The quantitative estimate of drug-likeness (QED) is 0.0331. The number of ether oxygens (including phenoxy) is 2. The van der Waals surface area contributed by atoms with Crippen LogP contribution in [0.3, 0.4) is 0 Å². The molecule has 1 unspecified atom stereocenters. The monoisotopic (exact) mass is 975 g/mol. The standard InChI is InChI=1S/C47H53N5O10S4/c1-6-37(53)42(66(58,59)60)17-19-63-65-47(2,3)27-48-45(56)41-23-30-20-31(14-16-40(30)64-41)50-44(55)36-24-32(26-51(36)4)49-43(54)12-9-18-62-39-22-28-13-15-33-21-29-10-7-8-11-35(29)52(33)46(57)34(28)25-38(39)61-5/h7-8,10-11,14,16,20,22-26,33,42H,6,9,12-13,15,17-19,21,27H2,1-5H3,(H,48,56)(H,49,54)(H,50,55)(H,58,59,60)/t33-,42?/m1/s1. The summed E-state index contributed by atoms with van der Waals surface area (Å²) in [4.78, 5) is 67.7. The number of carbonyl (C=O) groups is 5. The fourth-order valence-electron chi connectivity index (χ4n) is 8.09. The number of hydrogen-bond donors (Lipinski definition) is 4. The number of hydrogen-bond acceptors (Lipinski definition) is 12. The van der Waals surface area contributed by atoms with E-state index in [0.29, 0.717) is 57.7 Å². The first kappa shape index (κ1) is 48.6. The Morgan fingerprint density at radius 3 is 2.53 bits per heavy atom. The number of rotatable bonds is 20. The number of ketones is 1. The van der Waals surface area contributed by atoms with Crippen molar-refractivity contribution >= 4 is 99.6 Å². The highest BCUT2D eigenvalue weighted by Gasteiger charge is 2.38. The number of benzene rings is 3. The van der Waals surface area contributed by atoms with Gasteiger partial charge in [0.2, 0.25) is 5.91 Å². The first-order valence-electron chi connectivity index (χ1n) is 21.6. The molecule has 2 aromatic heterocycles. The average molecular weight is 976 g/mol. The Labute approximate surface area is 395 Å². The minimum absolute atomic E-state index is 0.00392. The van der Waals surface area contributed by atoms with E-state index in [-0.39, 0.29) is 55.5 Å². The van der Waals surface area contributed by atoms with Gasteiger partial charge in [0.25, 0.3) is 27.8 Å². The van der Waals surface area contributed by atoms with E-state index in [1.807, 2.05) is 49.1 Å². The molecule has 0 aliphatic carbocycles. The van der Waals surface area contributed by atoms with Crippen LogP contribution in [-0.2, 0) is 39.6 Å². The number of Topliss-reactive ketones (excluding diaryl/α,β-unsaturated/α-hetero) is 1. The molecular weight excluding hydrogens is 923 g/mol. The molecule has 3 aromatic carbocycles. The van der Waals surface area contributed by atoms with E-state index in [9.17, 15) is 36.9 Å². The van der Waals surface area contributed by atoms with Crippen LogP contribution in [0.5, 0.6) is 11.5 Å². The van der Waals surface area contributed by atoms with Gasteiger partial charge in [0.1, 0.15) is 10.9 Å². The minimum atomic E-state index is -4.47. The molecule has 2 aliphatic rings. The Hall–Kier alpha value is -5.34. The van der Waals surface area contributed by atoms with Gasteiger partial charge >= 0.3 is 0 Å². The van der Waals surface area contributed by atoms with Gasteiger partial charge in [-0.1, -0.05) is 46.7 Å². The lowest BCUT2D eigenvalue weighted by atomic mass is 9.99. The van der Waals surface area contributed by atoms with Gasteiger partial charge in [-0.15, -0.1) is 11.3 Å². The summed E-state index contributed by atoms with van der Waals surface area (Å²) in [6.07, 6.45) is 4.65. The third-order valence-electron chi connectivity index (χ3n) is 11.5. The fourth-order valence-corrected chi connectivity index (χ4v) is 12.7. The zero-order valence-electron chi connectivity index (χ0n) is 37.3. The predicted molar refractivity (Wildman–Crippen MR) is 262 cm³/mol. The summed E-state index contributed by atoms with van der Waals surface area (Å²) in [6, 6.07) is 20.5. The molecule has 0 radical (unpaired) electrons. The number of carbonyl (C=O) groups excluding carboxylic acids is 5. The van der Waals surface area contributed by atoms with Crippen LogP contribution in [-0.4, -0.2) is 89.0 Å². The molecule has 7 rings (SSSR count). The average Bonchev–Trinajstić information content (AvgIpc) is 3.97. The Kier molecular flexibility index (Phi) is 15.2. The highest BCUT2D eigenvalue weighted by molar-refractivity contribution is 8.77. The lowest BCUT2D eigenvalue weighted by molar-refractivity contribution is -0.118. The number of methoxy groups -OCH3 is 1. The van der Waals surface area contributed by atoms with Crippen molar-refractivity contribution in [2.75, 3.05) is 41.5 Å². The summed E-state index contributed by atoms with van der Waals surface area (Å²) in [7, 11) is 1.60. The van der Waals surface area contributed by atoms with Crippen LogP contribution in [0.15, 0.2) is 72.9 Å². The molecule has 4 amide bonds. The zero-order valence-corrected chi connectivity index (χ0v) is 40.6. The van der Waals surface area contributed by atoms with Crippen molar-refractivity contribution in [2.45, 2.75) is 81.8 Å². The number of para-hydroxylation sites is 1. The van der Waals surface area contributed by atoms with Gasteiger partial charge in [-0.05, 0) is 111 Å². The normalized spacial score (nSPS) is 15.0. The summed E-state index contributed by atoms with van der Waals surface area (Å²) in [6.45, 7) is 5.99. The molecule has 0 saturated carbocycles. The summed E-state index contributed by atoms with van der Waals surface area (Å²) >= 11 is 1.32. The van der Waals surface area contributed by atoms with Crippen LogP contribution < -0.4 is 30.3 Å². The number of fused-ring (bicyclic) bond motifs is 5. The number of aromatic nitrogens is 1. The number of nitrogens with zero attached hydrogens (tertiary/aromatic N) is 2. The van der Waals surface area contributed by atoms with Gasteiger partial charge in [-0.2, -0.15) is 8.42 Å². The van der Waals surface area contributed by atoms with Gasteiger partial charge in [0, 0.05) is 70.8 Å². The SMILES string of the molecule is CCC(=O)C(CCSSC(C)(C)CNC(=O)c1cc2cc(NC(=O)c3cc(NC(=O)CCCOc4cc5c(cc4OC)C(=O)N4c6ccccc6C[C@H]4CC5)cn3C)ccc2s1)S(=O)(=O)O. The van der Waals surface area contributed by atoms with Crippen molar-refractivity contribution in [1.82, 2.24) is 9.88 Å². The van der Waals surface area contributed by atoms with Crippen molar-refractivity contribution in [2.24, 2.45) is 7.05 Å². The van der Waals surface area contributed by atoms with Crippen molar-refractivity contribution in [3.8, 4) is 11.5 Å². The van der Waals surface area contributed by atoms with Crippen LogP contribution >= 0.6 is 32.9 Å². The maximum atomic E-state index is 13.8. The van der Waals surface area contributed by atoms with Gasteiger partial charge in [-0.25, -0.2) is 0 Å². The van der Waals surface area contributed by atoms with Gasteiger partial charge in [0.05, 0.1) is 24.3 Å². The largest absolute Gasteiger partial charge is 0.493 e. The van der Waals surface area contributed by atoms with E-state index in [4.69, 9.17) is 9.47 Å². The second-order valence-electron chi connectivity index (χ2n) is 16.9. The minimum Gasteiger partial charge on any atom is -0.493 e. The Bertz CT molecular complexity index is 2780. The highest BCUT2D eigenvalue weighted by Crippen LogP contribution is 2.41. The lowest BCUT2D eigenvalue weighted by Crippen LogP contribution is -2.36. The van der Waals surface area contributed by atoms with E-state index >= 15 is 0 Å². The van der Waals surface area contributed by atoms with Gasteiger partial charge in [0.15, 0.2) is 17.3 Å². The van der Waals surface area contributed by atoms with Crippen LogP contribution in [0.1, 0.15) is 94.5 Å². The Morgan fingerprint density at radius 1 is 0.985 bits per heavy atom. The summed E-state index contributed by atoms with van der Waals surface area (Å²) in [5.41, 5.74) is 4.98. The molecule has 4 N–H and O–H groups in total. The molecule has 0 fully saturated rings. The molecule has 350 valence electrons. The number of thiophene rings is 1. The van der Waals surface area contributed by atoms with Crippen LogP contribution in [0.4, 0.5) is 17.1 Å². The third kappa shape index (κ3) is 11.4. The molecule has 19 heteroatoms. The summed E-state index contributed by atoms with van der Waals surface area (Å²) in [5, 5.41) is 8.07. The molecule has 66 heavy (non-hydrogen) atoms. The zero-order chi connectivity index (χ0) is 47.3. The van der Waals surface area contributed by atoms with Crippen LogP contribution in [0, 0.1) is 0 Å². The number of amides is 4. The predicted octanol–water partition coefficient (Wildman–Crippen LogP) is 8.33. The second-order valence-corrected chi connectivity index (χ2v) is 22.7. The Morgan fingerprint density at radius 2 is 1.77 bits per heavy atom. The first-order valence-corrected chi connectivity index (χ1v) is 26.2. The van der Waals surface area contributed by atoms with E-state index in [1.54, 1.807) is 62.2 Å². The van der Waals surface area contributed by atoms with Crippen molar-refractivity contribution in [3.05, 3.63) is 100 Å². The second kappa shape index (κ2) is 20.7. The summed E-state index contributed by atoms with van der Waals surface area (Å²) < 4.78 is 46.5. The number of anilines is 3. The fraction of sp³-hybridized carbons (Fsp3) is 0.383. The smallest absolute Gasteiger partial charge is 0.275 e. The van der Waals surface area contributed by atoms with Gasteiger partial charge in [-0.3, -0.25) is 28.5 Å². The number of nitrogens with one attached hydrogen (secondary N) is 3. The van der Waals surface area contributed by atoms with Crippen molar-refractivity contribution in [3.63, 3.8) is 0 Å². The molecule has 2 atom stereocenters. The topological polar surface area (TPSA) is 202 Å². The number of aryl methyl sites for hydroxylation is 2. The van der Waals surface area contributed by atoms with E-state index in [1.165, 1.54) is 38.5 Å². The Balaban J connectivity index is 0.866. The van der Waals surface area contributed by atoms with E-state index in [0.717, 1.165) is 40.6 Å². The molecule has 4 heterocycles. The lowest BCUT2D eigenvalue weighted by Gasteiger charge is -2.23. The molecule has 0 spiro atoms. The maximum Gasteiger partial charge on any atom is 0.275 e. The first-order chi connectivity index (χ1) is 31.4. The highest BCUT2D eigenvalue weighted by atomic mass is 33.1. The van der Waals surface area contributed by atoms with E-state index < -0.39 is 25.9 Å². The third-order valence-corrected chi connectivity index (χ3v) is 17.1. The molecular formula is C47H53N5O10S4. The van der Waals surface area contributed by atoms with Crippen LogP contribution in [0.2, 0.25) is 0 Å². The van der Waals surface area contributed by atoms with Crippen molar-refractivity contribution < 1.29 is 46.4 Å². The molecule has 2 aliphatic heterocycles. The summed E-state index contributed by atoms with van der Waals surface area (Å²) in [5.74, 6) is -0.149. The van der Waals surface area contributed by atoms with E-state index in [2.05, 4.69) is 22.0 Å². The molecule has 5 aromatic rings. The maximum absolute atomic E-state index is 13.8. The molecule has 0 saturated heterocycles. The molecule has 15 nitrogen and oxygen atoms in total. The molecule has 0 bridgehead atoms. The van der Waals surface area contributed by atoms with Gasteiger partial charge < -0.3 is 34.9 Å².